The molecule has 0 bridgehead atoms. The zero-order chi connectivity index (χ0) is 22.9. The third kappa shape index (κ3) is 7.60. The number of anilines is 1. The number of rotatable bonds is 8. The third-order valence-electron chi connectivity index (χ3n) is 6.16. The summed E-state index contributed by atoms with van der Waals surface area (Å²) in [5, 5.41) is 5.93. The van der Waals surface area contributed by atoms with E-state index in [9.17, 15) is 14.4 Å². The number of nitrogens with one attached hydrogen (secondary N) is 2. The van der Waals surface area contributed by atoms with Crippen molar-refractivity contribution in [2.24, 2.45) is 11.8 Å². The van der Waals surface area contributed by atoms with Gasteiger partial charge in [-0.2, -0.15) is 0 Å². The molecular formula is C24H37N5O3. The Bertz CT molecular complexity index is 754. The first-order valence-electron chi connectivity index (χ1n) is 11.8. The largest absolute Gasteiger partial charge is 0.355 e. The Morgan fingerprint density at radius 1 is 0.906 bits per heavy atom. The zero-order valence-electron chi connectivity index (χ0n) is 19.4. The molecule has 1 aromatic carbocycles. The van der Waals surface area contributed by atoms with Crippen molar-refractivity contribution in [1.82, 2.24) is 20.0 Å². The molecule has 1 aromatic rings. The van der Waals surface area contributed by atoms with Crippen molar-refractivity contribution >= 4 is 23.4 Å². The third-order valence-corrected chi connectivity index (χ3v) is 6.16. The normalized spacial score (nSPS) is 18.5. The van der Waals surface area contributed by atoms with Gasteiger partial charge < -0.3 is 15.5 Å². The molecular weight excluding hydrogens is 406 g/mol. The van der Waals surface area contributed by atoms with E-state index in [-0.39, 0.29) is 23.6 Å². The van der Waals surface area contributed by atoms with Gasteiger partial charge in [-0.1, -0.05) is 32.0 Å². The summed E-state index contributed by atoms with van der Waals surface area (Å²) >= 11 is 0. The minimum absolute atomic E-state index is 0.0388. The van der Waals surface area contributed by atoms with E-state index in [1.807, 2.05) is 35.2 Å². The highest BCUT2D eigenvalue weighted by molar-refractivity contribution is 5.92. The molecule has 2 saturated heterocycles. The number of carbonyl (C=O) groups is 3. The SMILES string of the molecule is CC(C)CNC(=O)CN1CCN(CC(=O)N2CCC(C(=O)Nc3ccccc3)CC2)CC1. The van der Waals surface area contributed by atoms with Gasteiger partial charge in [0.2, 0.25) is 17.7 Å². The number of benzene rings is 1. The topological polar surface area (TPSA) is 85.0 Å². The van der Waals surface area contributed by atoms with Gasteiger partial charge in [0.05, 0.1) is 13.1 Å². The number of piperazine rings is 1. The van der Waals surface area contributed by atoms with Gasteiger partial charge in [0.25, 0.3) is 0 Å². The van der Waals surface area contributed by atoms with Crippen LogP contribution >= 0.6 is 0 Å². The summed E-state index contributed by atoms with van der Waals surface area (Å²) in [4.78, 5) is 43.4. The van der Waals surface area contributed by atoms with Gasteiger partial charge in [0, 0.05) is 57.4 Å². The van der Waals surface area contributed by atoms with Crippen molar-refractivity contribution in [2.75, 3.05) is 64.2 Å². The molecule has 0 saturated carbocycles. The zero-order valence-corrected chi connectivity index (χ0v) is 19.4. The quantitative estimate of drug-likeness (QED) is 0.632. The van der Waals surface area contributed by atoms with E-state index in [0.717, 1.165) is 31.9 Å². The highest BCUT2D eigenvalue weighted by Gasteiger charge is 2.29. The average Bonchev–Trinajstić information content (AvgIpc) is 2.80. The molecule has 32 heavy (non-hydrogen) atoms. The number of hydrogen-bond donors (Lipinski definition) is 2. The van der Waals surface area contributed by atoms with E-state index >= 15 is 0 Å². The first kappa shape index (κ1) is 24.2. The fourth-order valence-electron chi connectivity index (χ4n) is 4.13. The molecule has 176 valence electrons. The Balaban J connectivity index is 1.33. The summed E-state index contributed by atoms with van der Waals surface area (Å²) in [5.74, 6) is 0.643. The number of piperidine rings is 1. The maximum atomic E-state index is 12.7. The summed E-state index contributed by atoms with van der Waals surface area (Å²) in [5.41, 5.74) is 0.813. The van der Waals surface area contributed by atoms with Crippen molar-refractivity contribution in [3.8, 4) is 0 Å². The summed E-state index contributed by atoms with van der Waals surface area (Å²) in [6.45, 7) is 10.1. The first-order chi connectivity index (χ1) is 15.4. The standard InChI is InChI=1S/C24H37N5O3/c1-19(2)16-25-22(30)17-27-12-14-28(15-13-27)18-23(31)29-10-8-20(9-11-29)24(32)26-21-6-4-3-5-7-21/h3-7,19-20H,8-18H2,1-2H3,(H,25,30)(H,26,32). The Hall–Kier alpha value is -2.45. The predicted molar refractivity (Wildman–Crippen MR) is 125 cm³/mol. The second-order valence-electron chi connectivity index (χ2n) is 9.26. The summed E-state index contributed by atoms with van der Waals surface area (Å²) in [7, 11) is 0. The maximum absolute atomic E-state index is 12.7. The number of carbonyl (C=O) groups excluding carboxylic acids is 3. The van der Waals surface area contributed by atoms with Crippen molar-refractivity contribution in [1.29, 1.82) is 0 Å². The van der Waals surface area contributed by atoms with Gasteiger partial charge >= 0.3 is 0 Å². The number of likely N-dealkylation sites (tertiary alicyclic amines) is 1. The monoisotopic (exact) mass is 443 g/mol. The van der Waals surface area contributed by atoms with Gasteiger partial charge in [-0.15, -0.1) is 0 Å². The molecule has 8 heteroatoms. The molecule has 3 rings (SSSR count). The highest BCUT2D eigenvalue weighted by atomic mass is 16.2. The lowest BCUT2D eigenvalue weighted by atomic mass is 9.95. The fourth-order valence-corrected chi connectivity index (χ4v) is 4.13. The predicted octanol–water partition coefficient (Wildman–Crippen LogP) is 1.25. The molecule has 0 atom stereocenters. The second-order valence-corrected chi connectivity index (χ2v) is 9.26. The molecule has 2 aliphatic rings. The number of para-hydroxylation sites is 1. The molecule has 0 spiro atoms. The van der Waals surface area contributed by atoms with E-state index < -0.39 is 0 Å². The van der Waals surface area contributed by atoms with Crippen molar-refractivity contribution in [3.05, 3.63) is 30.3 Å². The lowest BCUT2D eigenvalue weighted by Crippen LogP contribution is -2.52. The lowest BCUT2D eigenvalue weighted by Gasteiger charge is -2.36. The Kier molecular flexibility index (Phi) is 9.05. The van der Waals surface area contributed by atoms with Crippen LogP contribution in [0.3, 0.4) is 0 Å². The molecule has 0 radical (unpaired) electrons. The smallest absolute Gasteiger partial charge is 0.236 e. The average molecular weight is 444 g/mol. The number of hydrogen-bond acceptors (Lipinski definition) is 5. The summed E-state index contributed by atoms with van der Waals surface area (Å²) in [6, 6.07) is 9.49. The van der Waals surface area contributed by atoms with E-state index in [2.05, 4.69) is 34.3 Å². The molecule has 0 aromatic heterocycles. The molecule has 2 aliphatic heterocycles. The number of amides is 3. The van der Waals surface area contributed by atoms with E-state index in [4.69, 9.17) is 0 Å². The van der Waals surface area contributed by atoms with Gasteiger partial charge in [0.1, 0.15) is 0 Å². The van der Waals surface area contributed by atoms with Crippen LogP contribution in [0, 0.1) is 11.8 Å². The summed E-state index contributed by atoms with van der Waals surface area (Å²) < 4.78 is 0. The minimum Gasteiger partial charge on any atom is -0.355 e. The molecule has 0 unspecified atom stereocenters. The first-order valence-corrected chi connectivity index (χ1v) is 11.8. The van der Waals surface area contributed by atoms with Crippen LogP contribution < -0.4 is 10.6 Å². The molecule has 0 aliphatic carbocycles. The molecule has 2 N–H and O–H groups in total. The van der Waals surface area contributed by atoms with E-state index in [1.165, 1.54) is 0 Å². The Labute approximate surface area is 191 Å². The molecule has 2 heterocycles. The van der Waals surface area contributed by atoms with Crippen LogP contribution in [0.4, 0.5) is 5.69 Å². The van der Waals surface area contributed by atoms with Crippen molar-refractivity contribution in [3.63, 3.8) is 0 Å². The molecule has 8 nitrogen and oxygen atoms in total. The van der Waals surface area contributed by atoms with E-state index in [0.29, 0.717) is 51.5 Å². The van der Waals surface area contributed by atoms with Gasteiger partial charge in [0.15, 0.2) is 0 Å². The Morgan fingerprint density at radius 2 is 1.50 bits per heavy atom. The number of nitrogens with zero attached hydrogens (tertiary/aromatic N) is 3. The van der Waals surface area contributed by atoms with Crippen LogP contribution in [0.1, 0.15) is 26.7 Å². The van der Waals surface area contributed by atoms with Gasteiger partial charge in [-0.05, 0) is 30.9 Å². The van der Waals surface area contributed by atoms with Crippen LogP contribution in [0.15, 0.2) is 30.3 Å². The lowest BCUT2D eigenvalue weighted by molar-refractivity contribution is -0.136. The van der Waals surface area contributed by atoms with Crippen LogP contribution in [-0.2, 0) is 14.4 Å². The fraction of sp³-hybridized carbons (Fsp3) is 0.625. The van der Waals surface area contributed by atoms with Gasteiger partial charge in [-0.25, -0.2) is 0 Å². The van der Waals surface area contributed by atoms with Crippen LogP contribution in [0.2, 0.25) is 0 Å². The maximum Gasteiger partial charge on any atom is 0.236 e. The van der Waals surface area contributed by atoms with Gasteiger partial charge in [-0.3, -0.25) is 24.2 Å². The van der Waals surface area contributed by atoms with Crippen molar-refractivity contribution in [2.45, 2.75) is 26.7 Å². The molecule has 2 fully saturated rings. The van der Waals surface area contributed by atoms with Crippen molar-refractivity contribution < 1.29 is 14.4 Å². The van der Waals surface area contributed by atoms with E-state index in [1.54, 1.807) is 0 Å². The highest BCUT2D eigenvalue weighted by Crippen LogP contribution is 2.20. The Morgan fingerprint density at radius 3 is 2.09 bits per heavy atom. The van der Waals surface area contributed by atoms with Crippen LogP contribution in [-0.4, -0.2) is 91.3 Å². The minimum atomic E-state index is -0.0513. The summed E-state index contributed by atoms with van der Waals surface area (Å²) in [6.07, 6.45) is 1.40. The molecule has 3 amide bonds. The second kappa shape index (κ2) is 12.0. The van der Waals surface area contributed by atoms with Crippen LogP contribution in [0.25, 0.3) is 0 Å². The van der Waals surface area contributed by atoms with Crippen LogP contribution in [0.5, 0.6) is 0 Å².